The Kier molecular flexibility index (Phi) is 4.61. The lowest BCUT2D eigenvalue weighted by Gasteiger charge is -2.18. The lowest BCUT2D eigenvalue weighted by Crippen LogP contribution is -2.25. The summed E-state index contributed by atoms with van der Waals surface area (Å²) in [4.78, 5) is 23.4. The van der Waals surface area contributed by atoms with Crippen LogP contribution in [0, 0.1) is 0 Å². The van der Waals surface area contributed by atoms with E-state index in [-0.39, 0.29) is 18.4 Å². The number of anilines is 2. The number of hydrogen-bond donors (Lipinski definition) is 2. The van der Waals surface area contributed by atoms with Gasteiger partial charge in [0.1, 0.15) is 5.75 Å². The summed E-state index contributed by atoms with van der Waals surface area (Å²) < 4.78 is 5.28. The molecule has 2 aromatic rings. The average molecular weight is 322 g/mol. The molecule has 0 spiro atoms. The van der Waals surface area contributed by atoms with E-state index in [2.05, 4.69) is 17.6 Å². The predicted molar refractivity (Wildman–Crippen MR) is 94.1 cm³/mol. The van der Waals surface area contributed by atoms with Gasteiger partial charge in [0.15, 0.2) is 6.61 Å². The summed E-state index contributed by atoms with van der Waals surface area (Å²) >= 11 is 0. The van der Waals surface area contributed by atoms with Crippen molar-refractivity contribution >= 4 is 29.3 Å². The molecule has 122 valence electrons. The Balaban J connectivity index is 1.65. The van der Waals surface area contributed by atoms with Crippen molar-refractivity contribution in [3.05, 3.63) is 59.7 Å². The molecule has 5 heteroatoms. The minimum absolute atomic E-state index is 0.0122. The second kappa shape index (κ2) is 7.00. The molecule has 0 saturated carbocycles. The maximum Gasteiger partial charge on any atom is 0.262 e. The molecule has 2 amide bonds. The number of carbonyl (C=O) groups excluding carboxylic acids is 2. The van der Waals surface area contributed by atoms with Crippen molar-refractivity contribution in [1.82, 2.24) is 0 Å². The van der Waals surface area contributed by atoms with Crippen LogP contribution in [-0.2, 0) is 16.0 Å². The molecule has 0 fully saturated rings. The third kappa shape index (κ3) is 3.81. The largest absolute Gasteiger partial charge is 0.482 e. The van der Waals surface area contributed by atoms with Gasteiger partial charge in [-0.1, -0.05) is 31.2 Å². The normalized spacial score (nSPS) is 13.1. The topological polar surface area (TPSA) is 67.4 Å². The molecule has 0 radical (unpaired) electrons. The Bertz CT molecular complexity index is 795. The van der Waals surface area contributed by atoms with Crippen molar-refractivity contribution in [2.75, 3.05) is 17.2 Å². The first-order valence-corrected chi connectivity index (χ1v) is 7.79. The Morgan fingerprint density at radius 1 is 1.25 bits per heavy atom. The molecule has 5 nitrogen and oxygen atoms in total. The molecule has 0 aromatic heterocycles. The maximum atomic E-state index is 12.0. The first-order chi connectivity index (χ1) is 11.6. The van der Waals surface area contributed by atoms with Crippen LogP contribution < -0.4 is 15.4 Å². The van der Waals surface area contributed by atoms with Crippen molar-refractivity contribution in [3.63, 3.8) is 0 Å². The third-order valence-corrected chi connectivity index (χ3v) is 3.70. The Labute approximate surface area is 140 Å². The fourth-order valence-electron chi connectivity index (χ4n) is 2.38. The highest BCUT2D eigenvalue weighted by Gasteiger charge is 2.16. The Morgan fingerprint density at radius 3 is 2.79 bits per heavy atom. The van der Waals surface area contributed by atoms with Gasteiger partial charge in [-0.25, -0.2) is 0 Å². The van der Waals surface area contributed by atoms with Crippen LogP contribution in [0.3, 0.4) is 0 Å². The molecule has 0 saturated heterocycles. The summed E-state index contributed by atoms with van der Waals surface area (Å²) in [6.07, 6.45) is 4.23. The second-order valence-electron chi connectivity index (χ2n) is 5.47. The number of benzene rings is 2. The van der Waals surface area contributed by atoms with E-state index in [4.69, 9.17) is 4.74 Å². The molecule has 1 heterocycles. The van der Waals surface area contributed by atoms with E-state index in [0.717, 1.165) is 12.0 Å². The molecule has 0 atom stereocenters. The number of hydrogen-bond acceptors (Lipinski definition) is 3. The smallest absolute Gasteiger partial charge is 0.262 e. The van der Waals surface area contributed by atoms with E-state index in [9.17, 15) is 9.59 Å². The number of rotatable bonds is 4. The maximum absolute atomic E-state index is 12.0. The van der Waals surface area contributed by atoms with Crippen molar-refractivity contribution in [1.29, 1.82) is 0 Å². The molecule has 0 unspecified atom stereocenters. The Morgan fingerprint density at radius 2 is 2.04 bits per heavy atom. The highest BCUT2D eigenvalue weighted by Crippen LogP contribution is 2.30. The molecule has 2 N–H and O–H groups in total. The van der Waals surface area contributed by atoms with Crippen LogP contribution in [0.4, 0.5) is 11.4 Å². The highest BCUT2D eigenvalue weighted by molar-refractivity contribution is 6.03. The second-order valence-corrected chi connectivity index (χ2v) is 5.47. The molecular weight excluding hydrogens is 304 g/mol. The van der Waals surface area contributed by atoms with Crippen molar-refractivity contribution in [3.8, 4) is 5.75 Å². The van der Waals surface area contributed by atoms with Crippen LogP contribution in [0.1, 0.15) is 18.1 Å². The quantitative estimate of drug-likeness (QED) is 0.849. The summed E-state index contributed by atoms with van der Waals surface area (Å²) in [5.41, 5.74) is 3.38. The number of aryl methyl sites for hydroxylation is 1. The summed E-state index contributed by atoms with van der Waals surface area (Å²) in [5, 5.41) is 5.48. The monoisotopic (exact) mass is 322 g/mol. The minimum atomic E-state index is -0.238. The number of nitrogens with one attached hydrogen (secondary N) is 2. The molecule has 1 aliphatic rings. The first-order valence-electron chi connectivity index (χ1n) is 7.79. The van der Waals surface area contributed by atoms with E-state index in [0.29, 0.717) is 17.1 Å². The molecule has 3 rings (SSSR count). The van der Waals surface area contributed by atoms with Gasteiger partial charge in [-0.2, -0.15) is 0 Å². The van der Waals surface area contributed by atoms with E-state index < -0.39 is 0 Å². The van der Waals surface area contributed by atoms with Crippen molar-refractivity contribution in [2.45, 2.75) is 13.3 Å². The van der Waals surface area contributed by atoms with Crippen LogP contribution >= 0.6 is 0 Å². The molecule has 0 bridgehead atoms. The standard InChI is InChI=1S/C19H18N2O3/c1-2-13-3-5-14(6-4-13)7-10-18(22)20-15-8-9-17-16(11-15)21-19(23)12-24-17/h3-11H,2,12H2,1H3,(H,20,22)(H,21,23)/b10-7+. The number of fused-ring (bicyclic) bond motifs is 1. The zero-order valence-electron chi connectivity index (χ0n) is 13.3. The SMILES string of the molecule is CCc1ccc(/C=C/C(=O)Nc2ccc3c(c2)NC(=O)CO3)cc1. The van der Waals surface area contributed by atoms with Crippen molar-refractivity contribution in [2.24, 2.45) is 0 Å². The summed E-state index contributed by atoms with van der Waals surface area (Å²) in [7, 11) is 0. The number of carbonyl (C=O) groups is 2. The highest BCUT2D eigenvalue weighted by atomic mass is 16.5. The van der Waals surface area contributed by atoms with Gasteiger partial charge in [0.2, 0.25) is 5.91 Å². The molecule has 1 aliphatic heterocycles. The van der Waals surface area contributed by atoms with Gasteiger partial charge in [-0.3, -0.25) is 9.59 Å². The summed E-state index contributed by atoms with van der Waals surface area (Å²) in [6, 6.07) is 13.2. The van der Waals surface area contributed by atoms with Crippen LogP contribution in [-0.4, -0.2) is 18.4 Å². The molecule has 2 aromatic carbocycles. The lowest BCUT2D eigenvalue weighted by molar-refractivity contribution is -0.118. The van der Waals surface area contributed by atoms with E-state index in [1.165, 1.54) is 11.6 Å². The van der Waals surface area contributed by atoms with Crippen LogP contribution in [0.25, 0.3) is 6.08 Å². The average Bonchev–Trinajstić information content (AvgIpc) is 2.60. The fraction of sp³-hybridized carbons (Fsp3) is 0.158. The van der Waals surface area contributed by atoms with Gasteiger partial charge in [0, 0.05) is 11.8 Å². The van der Waals surface area contributed by atoms with E-state index >= 15 is 0 Å². The lowest BCUT2D eigenvalue weighted by atomic mass is 10.1. The number of amides is 2. The first kappa shape index (κ1) is 15.8. The number of ether oxygens (including phenoxy) is 1. The van der Waals surface area contributed by atoms with Crippen LogP contribution in [0.15, 0.2) is 48.5 Å². The molecular formula is C19H18N2O3. The third-order valence-electron chi connectivity index (χ3n) is 3.70. The van der Waals surface area contributed by atoms with E-state index in [1.807, 2.05) is 24.3 Å². The van der Waals surface area contributed by atoms with Crippen molar-refractivity contribution < 1.29 is 14.3 Å². The van der Waals surface area contributed by atoms with Gasteiger partial charge >= 0.3 is 0 Å². The van der Waals surface area contributed by atoms with E-state index in [1.54, 1.807) is 24.3 Å². The molecule has 0 aliphatic carbocycles. The minimum Gasteiger partial charge on any atom is -0.482 e. The van der Waals surface area contributed by atoms with Gasteiger partial charge in [0.05, 0.1) is 5.69 Å². The van der Waals surface area contributed by atoms with Gasteiger partial charge in [-0.05, 0) is 41.8 Å². The van der Waals surface area contributed by atoms with Gasteiger partial charge in [0.25, 0.3) is 5.91 Å². The predicted octanol–water partition coefficient (Wildman–Crippen LogP) is 3.23. The Hall–Kier alpha value is -3.08. The van der Waals surface area contributed by atoms with Gasteiger partial charge in [-0.15, -0.1) is 0 Å². The van der Waals surface area contributed by atoms with Gasteiger partial charge < -0.3 is 15.4 Å². The zero-order valence-corrected chi connectivity index (χ0v) is 13.3. The van der Waals surface area contributed by atoms with Crippen LogP contribution in [0.2, 0.25) is 0 Å². The summed E-state index contributed by atoms with van der Waals surface area (Å²) in [6.45, 7) is 2.11. The van der Waals surface area contributed by atoms with Crippen LogP contribution in [0.5, 0.6) is 5.75 Å². The zero-order chi connectivity index (χ0) is 16.9. The summed E-state index contributed by atoms with van der Waals surface area (Å²) in [5.74, 6) is 0.151. The fourth-order valence-corrected chi connectivity index (χ4v) is 2.38. The molecule has 24 heavy (non-hydrogen) atoms.